The molecule has 18 heavy (non-hydrogen) atoms. The highest BCUT2D eigenvalue weighted by molar-refractivity contribution is 14.1. The number of nitrogens with one attached hydrogen (secondary N) is 1. The lowest BCUT2D eigenvalue weighted by atomic mass is 10.2. The van der Waals surface area contributed by atoms with Gasteiger partial charge in [0.05, 0.1) is 21.0 Å². The number of halogens is 1. The van der Waals surface area contributed by atoms with E-state index in [9.17, 15) is 0 Å². The number of aromatic nitrogens is 4. The van der Waals surface area contributed by atoms with Crippen LogP contribution in [-0.4, -0.2) is 26.3 Å². The highest BCUT2D eigenvalue weighted by Gasteiger charge is 2.14. The molecule has 0 unspecified atom stereocenters. The maximum atomic E-state index is 4.58. The van der Waals surface area contributed by atoms with Gasteiger partial charge in [0.15, 0.2) is 5.82 Å². The predicted octanol–water partition coefficient (Wildman–Crippen LogP) is 2.53. The second-order valence-electron chi connectivity index (χ2n) is 4.09. The van der Waals surface area contributed by atoms with Crippen LogP contribution < -0.4 is 5.32 Å². The molecule has 2 aromatic rings. The molecule has 0 aromatic carbocycles. The smallest absolute Gasteiger partial charge is 0.165 e. The predicted molar refractivity (Wildman–Crippen MR) is 80.6 cm³/mol. The van der Waals surface area contributed by atoms with Gasteiger partial charge in [-0.2, -0.15) is 5.10 Å². The van der Waals surface area contributed by atoms with Crippen LogP contribution in [0.25, 0.3) is 11.4 Å². The number of hydrogen-bond acceptors (Lipinski definition) is 4. The highest BCUT2D eigenvalue weighted by Crippen LogP contribution is 2.25. The lowest BCUT2D eigenvalue weighted by Gasteiger charge is -2.09. The molecule has 0 aliphatic heterocycles. The standard InChI is InChI=1S/C12H16IN5/c1-5-14-12-10(13)7(2)16-11(17-12)9-6-15-18(4)8(9)3/h6H,5H2,1-4H3,(H,14,16,17). The number of anilines is 1. The SMILES string of the molecule is CCNc1nc(-c2cnn(C)c2C)nc(C)c1I. The van der Waals surface area contributed by atoms with Crippen molar-refractivity contribution in [2.75, 3.05) is 11.9 Å². The summed E-state index contributed by atoms with van der Waals surface area (Å²) >= 11 is 2.27. The molecule has 0 bridgehead atoms. The first kappa shape index (κ1) is 13.3. The molecule has 2 aromatic heterocycles. The molecule has 96 valence electrons. The molecule has 0 saturated heterocycles. The Kier molecular flexibility index (Phi) is 3.84. The Labute approximate surface area is 120 Å². The van der Waals surface area contributed by atoms with Crippen LogP contribution in [-0.2, 0) is 7.05 Å². The monoisotopic (exact) mass is 357 g/mol. The first-order chi connectivity index (χ1) is 8.54. The zero-order valence-corrected chi connectivity index (χ0v) is 13.1. The normalized spacial score (nSPS) is 10.7. The third-order valence-corrected chi connectivity index (χ3v) is 4.13. The van der Waals surface area contributed by atoms with Crippen molar-refractivity contribution in [1.82, 2.24) is 19.7 Å². The maximum absolute atomic E-state index is 4.58. The first-order valence-corrected chi connectivity index (χ1v) is 6.89. The van der Waals surface area contributed by atoms with Crippen LogP contribution in [0.5, 0.6) is 0 Å². The number of nitrogens with zero attached hydrogens (tertiary/aromatic N) is 4. The van der Waals surface area contributed by atoms with Crippen molar-refractivity contribution in [2.24, 2.45) is 7.05 Å². The maximum Gasteiger partial charge on any atom is 0.165 e. The third kappa shape index (κ3) is 2.33. The van der Waals surface area contributed by atoms with Gasteiger partial charge in [-0.15, -0.1) is 0 Å². The van der Waals surface area contributed by atoms with Crippen molar-refractivity contribution in [1.29, 1.82) is 0 Å². The summed E-state index contributed by atoms with van der Waals surface area (Å²) in [4.78, 5) is 9.13. The van der Waals surface area contributed by atoms with Crippen molar-refractivity contribution in [3.63, 3.8) is 0 Å². The molecule has 0 atom stereocenters. The average Bonchev–Trinajstić information content (AvgIpc) is 2.66. The summed E-state index contributed by atoms with van der Waals surface area (Å²) in [5, 5.41) is 7.50. The van der Waals surface area contributed by atoms with Gasteiger partial charge in [-0.1, -0.05) is 0 Å². The summed E-state index contributed by atoms with van der Waals surface area (Å²) < 4.78 is 2.90. The summed E-state index contributed by atoms with van der Waals surface area (Å²) in [5.74, 6) is 1.62. The van der Waals surface area contributed by atoms with E-state index in [-0.39, 0.29) is 0 Å². The van der Waals surface area contributed by atoms with Crippen LogP contribution >= 0.6 is 22.6 Å². The Balaban J connectivity index is 2.55. The Morgan fingerprint density at radius 2 is 2.06 bits per heavy atom. The van der Waals surface area contributed by atoms with Crippen LogP contribution in [0.3, 0.4) is 0 Å². The third-order valence-electron chi connectivity index (χ3n) is 2.84. The Morgan fingerprint density at radius 1 is 1.33 bits per heavy atom. The number of rotatable bonds is 3. The molecule has 5 nitrogen and oxygen atoms in total. The minimum atomic E-state index is 0.731. The van der Waals surface area contributed by atoms with Crippen LogP contribution in [0.2, 0.25) is 0 Å². The summed E-state index contributed by atoms with van der Waals surface area (Å²) in [6.45, 7) is 6.92. The molecular formula is C12H16IN5. The minimum absolute atomic E-state index is 0.731. The lowest BCUT2D eigenvalue weighted by molar-refractivity contribution is 0.740. The number of hydrogen-bond donors (Lipinski definition) is 1. The molecule has 0 amide bonds. The largest absolute Gasteiger partial charge is 0.369 e. The van der Waals surface area contributed by atoms with E-state index in [0.29, 0.717) is 0 Å². The Bertz CT molecular complexity index is 576. The van der Waals surface area contributed by atoms with Crippen LogP contribution in [0.4, 0.5) is 5.82 Å². The summed E-state index contributed by atoms with van der Waals surface area (Å²) in [6, 6.07) is 0. The molecule has 2 heterocycles. The van der Waals surface area contributed by atoms with E-state index in [4.69, 9.17) is 0 Å². The van der Waals surface area contributed by atoms with Gasteiger partial charge in [-0.25, -0.2) is 9.97 Å². The molecule has 0 fully saturated rings. The molecule has 0 aliphatic carbocycles. The topological polar surface area (TPSA) is 55.6 Å². The van der Waals surface area contributed by atoms with Crippen molar-refractivity contribution in [3.05, 3.63) is 21.2 Å². The van der Waals surface area contributed by atoms with Crippen molar-refractivity contribution < 1.29 is 0 Å². The fraction of sp³-hybridized carbons (Fsp3) is 0.417. The molecule has 0 aliphatic rings. The number of aryl methyl sites for hydroxylation is 2. The van der Waals surface area contributed by atoms with Crippen LogP contribution in [0.1, 0.15) is 18.3 Å². The van der Waals surface area contributed by atoms with E-state index in [1.165, 1.54) is 0 Å². The Hall–Kier alpha value is -1.18. The second-order valence-corrected chi connectivity index (χ2v) is 5.17. The van der Waals surface area contributed by atoms with E-state index in [1.807, 2.05) is 31.8 Å². The van der Waals surface area contributed by atoms with Gasteiger partial charge in [0.2, 0.25) is 0 Å². The van der Waals surface area contributed by atoms with E-state index in [0.717, 1.165) is 38.7 Å². The zero-order valence-electron chi connectivity index (χ0n) is 11.0. The summed E-state index contributed by atoms with van der Waals surface area (Å²) in [7, 11) is 1.92. The fourth-order valence-electron chi connectivity index (χ4n) is 1.68. The van der Waals surface area contributed by atoms with E-state index < -0.39 is 0 Å². The minimum Gasteiger partial charge on any atom is -0.369 e. The molecule has 0 radical (unpaired) electrons. The summed E-state index contributed by atoms with van der Waals surface area (Å²) in [6.07, 6.45) is 1.81. The van der Waals surface area contributed by atoms with Crippen molar-refractivity contribution >= 4 is 28.4 Å². The van der Waals surface area contributed by atoms with Crippen molar-refractivity contribution in [2.45, 2.75) is 20.8 Å². The van der Waals surface area contributed by atoms with E-state index >= 15 is 0 Å². The van der Waals surface area contributed by atoms with Crippen molar-refractivity contribution in [3.8, 4) is 11.4 Å². The molecule has 0 spiro atoms. The fourth-order valence-corrected chi connectivity index (χ4v) is 2.11. The quantitative estimate of drug-likeness (QED) is 0.858. The second kappa shape index (κ2) is 5.21. The van der Waals surface area contributed by atoms with E-state index in [1.54, 1.807) is 0 Å². The van der Waals surface area contributed by atoms with Gasteiger partial charge >= 0.3 is 0 Å². The highest BCUT2D eigenvalue weighted by atomic mass is 127. The van der Waals surface area contributed by atoms with Crippen LogP contribution in [0.15, 0.2) is 6.20 Å². The van der Waals surface area contributed by atoms with Gasteiger partial charge in [-0.05, 0) is 43.4 Å². The molecular weight excluding hydrogens is 341 g/mol. The van der Waals surface area contributed by atoms with Gasteiger partial charge in [-0.3, -0.25) is 4.68 Å². The van der Waals surface area contributed by atoms with Gasteiger partial charge in [0, 0.05) is 19.3 Å². The molecule has 1 N–H and O–H groups in total. The van der Waals surface area contributed by atoms with Crippen LogP contribution in [0, 0.1) is 17.4 Å². The first-order valence-electron chi connectivity index (χ1n) is 5.81. The van der Waals surface area contributed by atoms with Gasteiger partial charge < -0.3 is 5.32 Å². The van der Waals surface area contributed by atoms with Gasteiger partial charge in [0.25, 0.3) is 0 Å². The molecule has 2 rings (SSSR count). The Morgan fingerprint density at radius 3 is 2.61 bits per heavy atom. The summed E-state index contributed by atoms with van der Waals surface area (Å²) in [5.41, 5.74) is 3.04. The van der Waals surface area contributed by atoms with E-state index in [2.05, 4.69) is 49.9 Å². The molecule has 0 saturated carbocycles. The zero-order chi connectivity index (χ0) is 13.3. The van der Waals surface area contributed by atoms with Gasteiger partial charge in [0.1, 0.15) is 5.82 Å². The molecule has 6 heteroatoms. The average molecular weight is 357 g/mol. The lowest BCUT2D eigenvalue weighted by Crippen LogP contribution is -2.06.